The topological polar surface area (TPSA) is 123 Å². The lowest BCUT2D eigenvalue weighted by Crippen LogP contribution is -2.29. The summed E-state index contributed by atoms with van der Waals surface area (Å²) in [5, 5.41) is 42.3. The Kier molecular flexibility index (Phi) is 7.92. The van der Waals surface area contributed by atoms with E-state index in [1.165, 1.54) is 0 Å². The van der Waals surface area contributed by atoms with Gasteiger partial charge in [-0.05, 0) is 0 Å². The fraction of sp³-hybridized carbons (Fsp3) is 0. The molecule has 0 radical (unpaired) electrons. The van der Waals surface area contributed by atoms with Gasteiger partial charge in [-0.15, -0.1) is 0 Å². The molecule has 0 aliphatic rings. The van der Waals surface area contributed by atoms with Crippen LogP contribution >= 0.6 is 0 Å². The van der Waals surface area contributed by atoms with Gasteiger partial charge in [0.15, 0.2) is 46.5 Å². The Bertz CT molecular complexity index is 1950. The zero-order valence-corrected chi connectivity index (χ0v) is 19.5. The third-order valence-electron chi connectivity index (χ3n) is 5.55. The van der Waals surface area contributed by atoms with Crippen molar-refractivity contribution in [1.82, 2.24) is 0 Å². The summed E-state index contributed by atoms with van der Waals surface area (Å²) < 4.78 is 147. The second kappa shape index (κ2) is 11.0. The second-order valence-electron chi connectivity index (χ2n) is 7.53. The van der Waals surface area contributed by atoms with Crippen LogP contribution in [0.15, 0.2) is 0 Å². The molecule has 3 rings (SSSR count). The van der Waals surface area contributed by atoms with Gasteiger partial charge >= 0.3 is 0 Å². The highest BCUT2D eigenvalue weighted by molar-refractivity contribution is 5.84. The zero-order valence-electron chi connectivity index (χ0n) is 19.5. The standard InChI is InChI=1S/C26F10N6/c1-42-26-15(8(3-38)14-23(34)19(30)11(6-41)20(31)24(14)35)16(27)9(4-39)12(25(26)36)7(2-37)13-21(32)17(28)10(5-40)18(29)22(13)33/b12-7-,15-8+. The predicted molar refractivity (Wildman–Crippen MR) is 115 cm³/mol. The minimum atomic E-state index is -2.49. The van der Waals surface area contributed by atoms with Crippen LogP contribution in [0.25, 0.3) is 16.0 Å². The average molecular weight is 586 g/mol. The zero-order chi connectivity index (χ0) is 31.8. The normalized spacial score (nSPS) is 11.7. The van der Waals surface area contributed by atoms with Gasteiger partial charge in [-0.3, -0.25) is 0 Å². The molecule has 16 heteroatoms. The molecule has 3 aromatic rings. The van der Waals surface area contributed by atoms with E-state index in [1.54, 1.807) is 0 Å². The number of nitrogens with zero attached hydrogens (tertiary/aromatic N) is 6. The van der Waals surface area contributed by atoms with E-state index in [2.05, 4.69) is 4.85 Å². The minimum absolute atomic E-state index is 0.782. The molecular weight excluding hydrogens is 586 g/mol. The Hall–Kier alpha value is -6.36. The van der Waals surface area contributed by atoms with Gasteiger partial charge in [0, 0.05) is 10.4 Å². The second-order valence-corrected chi connectivity index (χ2v) is 7.53. The summed E-state index contributed by atoms with van der Waals surface area (Å²) in [6.45, 7) is 7.18. The average Bonchev–Trinajstić information content (AvgIpc) is 2.97. The van der Waals surface area contributed by atoms with E-state index in [0.717, 1.165) is 30.3 Å². The summed E-state index contributed by atoms with van der Waals surface area (Å²) in [5.74, 6) is -24.2. The number of halogens is 10. The molecule has 42 heavy (non-hydrogen) atoms. The molecule has 0 heterocycles. The maximum absolute atomic E-state index is 15.7. The van der Waals surface area contributed by atoms with Crippen LogP contribution in [-0.4, -0.2) is 0 Å². The molecule has 0 amide bonds. The Labute approximate surface area is 225 Å². The van der Waals surface area contributed by atoms with Crippen LogP contribution in [0.5, 0.6) is 0 Å². The molecule has 0 atom stereocenters. The van der Waals surface area contributed by atoms with Gasteiger partial charge in [-0.25, -0.2) is 48.7 Å². The van der Waals surface area contributed by atoms with E-state index in [1.807, 2.05) is 0 Å². The van der Waals surface area contributed by atoms with Crippen LogP contribution < -0.4 is 10.4 Å². The van der Waals surface area contributed by atoms with Gasteiger partial charge in [0.25, 0.3) is 0 Å². The molecule has 0 unspecified atom stereocenters. The quantitative estimate of drug-likeness (QED) is 0.245. The first-order valence-electron chi connectivity index (χ1n) is 10.2. The van der Waals surface area contributed by atoms with Crippen LogP contribution in [0.3, 0.4) is 0 Å². The first kappa shape index (κ1) is 30.2. The molecule has 0 N–H and O–H groups in total. The Balaban J connectivity index is 2.81. The van der Waals surface area contributed by atoms with Gasteiger partial charge in [0.2, 0.25) is 5.69 Å². The summed E-state index contributed by atoms with van der Waals surface area (Å²) in [6.07, 6.45) is 0. The van der Waals surface area contributed by atoms with Gasteiger partial charge in [-0.2, -0.15) is 26.3 Å². The summed E-state index contributed by atoms with van der Waals surface area (Å²) >= 11 is 0. The largest absolute Gasteiger partial charge is 0.234 e. The predicted octanol–water partition coefficient (Wildman–Crippen LogP) is 4.69. The number of rotatable bonds is 2. The lowest BCUT2D eigenvalue weighted by Gasteiger charge is -2.12. The SMILES string of the molecule is [C-]#[N+]c1c(F)/c(=C(/C#N)c2c(F)c(F)c(C#N)c(F)c2F)c(C#N)c(F)/c1=C(/C#N)c1c(F)c(F)c(C#N)c(F)c1F. The number of nitriles is 5. The molecule has 6 nitrogen and oxygen atoms in total. The van der Waals surface area contributed by atoms with E-state index >= 15 is 8.78 Å². The number of hydrogen-bond donors (Lipinski definition) is 0. The van der Waals surface area contributed by atoms with Crippen LogP contribution in [0.4, 0.5) is 49.6 Å². The monoisotopic (exact) mass is 586 g/mol. The van der Waals surface area contributed by atoms with Crippen molar-refractivity contribution in [3.63, 3.8) is 0 Å². The molecule has 3 aromatic carbocycles. The first-order valence-corrected chi connectivity index (χ1v) is 10.2. The lowest BCUT2D eigenvalue weighted by atomic mass is 9.94. The maximum atomic E-state index is 15.7. The molecular formula is C26F10N6. The minimum Gasteiger partial charge on any atom is -0.234 e. The van der Waals surface area contributed by atoms with Crippen molar-refractivity contribution in [2.45, 2.75) is 0 Å². The number of benzene rings is 3. The van der Waals surface area contributed by atoms with Crippen LogP contribution in [0, 0.1) is 121 Å². The van der Waals surface area contributed by atoms with E-state index in [9.17, 15) is 50.9 Å². The highest BCUT2D eigenvalue weighted by Gasteiger charge is 2.33. The van der Waals surface area contributed by atoms with E-state index in [0.29, 0.717) is 0 Å². The number of hydrogen-bond acceptors (Lipinski definition) is 5. The Morgan fingerprint density at radius 1 is 0.452 bits per heavy atom. The molecule has 0 saturated heterocycles. The first-order chi connectivity index (χ1) is 19.8. The van der Waals surface area contributed by atoms with Gasteiger partial charge in [0.05, 0.1) is 40.5 Å². The molecule has 0 aliphatic carbocycles. The van der Waals surface area contributed by atoms with E-state index < -0.39 is 113 Å². The molecule has 204 valence electrons. The highest BCUT2D eigenvalue weighted by Crippen LogP contribution is 2.31. The van der Waals surface area contributed by atoms with Crippen molar-refractivity contribution < 1.29 is 43.9 Å². The van der Waals surface area contributed by atoms with Crippen LogP contribution in [0.1, 0.15) is 27.8 Å². The van der Waals surface area contributed by atoms with Crippen molar-refractivity contribution in [1.29, 1.82) is 26.3 Å². The van der Waals surface area contributed by atoms with Crippen LogP contribution in [-0.2, 0) is 0 Å². The van der Waals surface area contributed by atoms with Crippen LogP contribution in [0.2, 0.25) is 0 Å². The molecule has 0 aliphatic heterocycles. The summed E-state index contributed by atoms with van der Waals surface area (Å²) in [6, 6.07) is 4.22. The lowest BCUT2D eigenvalue weighted by molar-refractivity contribution is 0.446. The fourth-order valence-electron chi connectivity index (χ4n) is 3.72. The third-order valence-corrected chi connectivity index (χ3v) is 5.55. The van der Waals surface area contributed by atoms with Crippen molar-refractivity contribution in [3.8, 4) is 30.3 Å². The Morgan fingerprint density at radius 2 is 0.786 bits per heavy atom. The molecule has 0 aromatic heterocycles. The summed E-state index contributed by atoms with van der Waals surface area (Å²) in [5.41, 5.74) is -15.2. The third kappa shape index (κ3) is 4.09. The van der Waals surface area contributed by atoms with Crippen molar-refractivity contribution in [2.24, 2.45) is 0 Å². The summed E-state index contributed by atoms with van der Waals surface area (Å²) in [7, 11) is 0. The highest BCUT2D eigenvalue weighted by atomic mass is 19.2. The molecule has 0 bridgehead atoms. The molecule has 0 fully saturated rings. The van der Waals surface area contributed by atoms with Crippen molar-refractivity contribution in [2.75, 3.05) is 0 Å². The van der Waals surface area contributed by atoms with Gasteiger partial charge in [0.1, 0.15) is 47.0 Å². The Morgan fingerprint density at radius 3 is 1.07 bits per heavy atom. The van der Waals surface area contributed by atoms with Crippen molar-refractivity contribution in [3.05, 3.63) is 108 Å². The smallest absolute Gasteiger partial charge is 0.234 e. The summed E-state index contributed by atoms with van der Waals surface area (Å²) in [4.78, 5) is 2.48. The fourth-order valence-corrected chi connectivity index (χ4v) is 3.72. The molecule has 0 saturated carbocycles. The van der Waals surface area contributed by atoms with Crippen molar-refractivity contribution >= 4 is 16.8 Å². The van der Waals surface area contributed by atoms with Gasteiger partial charge in [-0.1, -0.05) is 0 Å². The molecule has 0 spiro atoms. The van der Waals surface area contributed by atoms with E-state index in [4.69, 9.17) is 17.1 Å². The van der Waals surface area contributed by atoms with E-state index in [-0.39, 0.29) is 0 Å². The van der Waals surface area contributed by atoms with Gasteiger partial charge < -0.3 is 0 Å². The maximum Gasteiger partial charge on any atom is 0.234 e.